The Balaban J connectivity index is 1.41. The molecule has 2 aliphatic rings. The number of imide groups is 1. The van der Waals surface area contributed by atoms with Crippen molar-refractivity contribution in [2.24, 2.45) is 0 Å². The number of phosphoric ester groups is 1. The number of amides is 4. The third-order valence-electron chi connectivity index (χ3n) is 6.73. The minimum absolute atomic E-state index is 0.0127. The Kier molecular flexibility index (Phi) is 9.79. The molecule has 4 amide bonds. The lowest BCUT2D eigenvalue weighted by molar-refractivity contribution is -0.156. The van der Waals surface area contributed by atoms with E-state index < -0.39 is 55.7 Å². The summed E-state index contributed by atoms with van der Waals surface area (Å²) < 4.78 is 57.1. The van der Waals surface area contributed by atoms with Gasteiger partial charge < -0.3 is 10.2 Å². The van der Waals surface area contributed by atoms with Crippen molar-refractivity contribution in [1.29, 1.82) is 0 Å². The van der Waals surface area contributed by atoms with Gasteiger partial charge in [0, 0.05) is 35.7 Å². The third kappa shape index (κ3) is 6.71. The predicted octanol–water partition coefficient (Wildman–Crippen LogP) is 4.38. The van der Waals surface area contributed by atoms with Gasteiger partial charge in [-0.25, -0.2) is 4.57 Å². The number of nitrogens with one attached hydrogen (secondary N) is 1. The fourth-order valence-electron chi connectivity index (χ4n) is 4.64. The third-order valence-corrected chi connectivity index (χ3v) is 8.56. The number of fused-ring (bicyclic) bond motifs is 1. The summed E-state index contributed by atoms with van der Waals surface area (Å²) in [5.74, 6) is -7.00. The maximum Gasteiger partial charge on any atom is 0.476 e. The van der Waals surface area contributed by atoms with Crippen LogP contribution in [0.25, 0.3) is 0 Å². The second-order valence-corrected chi connectivity index (χ2v) is 11.5. The van der Waals surface area contributed by atoms with E-state index >= 15 is 0 Å². The zero-order chi connectivity index (χ0) is 30.7. The van der Waals surface area contributed by atoms with Crippen LogP contribution in [-0.2, 0) is 51.5 Å². The second-order valence-electron chi connectivity index (χ2n) is 9.44. The summed E-state index contributed by atoms with van der Waals surface area (Å²) in [5, 5.41) is 2.47. The summed E-state index contributed by atoms with van der Waals surface area (Å²) >= 11 is 5.74. The molecule has 0 spiro atoms. The zero-order valence-corrected chi connectivity index (χ0v) is 24.5. The molecule has 11 nitrogen and oxygen atoms in total. The van der Waals surface area contributed by atoms with E-state index in [4.69, 9.17) is 25.2 Å². The van der Waals surface area contributed by atoms with Gasteiger partial charge in [-0.2, -0.15) is 8.78 Å². The number of carbonyl (C=O) groups excluding carboxylic acids is 4. The van der Waals surface area contributed by atoms with Crippen molar-refractivity contribution >= 4 is 43.1 Å². The number of hydrogen-bond acceptors (Lipinski definition) is 8. The smallest absolute Gasteiger partial charge is 0.346 e. The van der Waals surface area contributed by atoms with Gasteiger partial charge in [0.15, 0.2) is 0 Å². The molecule has 15 heteroatoms. The highest BCUT2D eigenvalue weighted by Gasteiger charge is 2.44. The molecule has 0 aromatic heterocycles. The van der Waals surface area contributed by atoms with E-state index in [1.165, 1.54) is 29.2 Å². The van der Waals surface area contributed by atoms with Gasteiger partial charge in [-0.15, -0.1) is 0 Å². The second kappa shape index (κ2) is 13.0. The van der Waals surface area contributed by atoms with Gasteiger partial charge in [-0.05, 0) is 49.6 Å². The lowest BCUT2D eigenvalue weighted by Crippen LogP contribution is -2.55. The number of likely N-dealkylation sites (tertiary alicyclic amines) is 1. The van der Waals surface area contributed by atoms with Crippen LogP contribution in [-0.4, -0.2) is 59.4 Å². The highest BCUT2D eigenvalue weighted by molar-refractivity contribution is 7.48. The molecule has 1 fully saturated rings. The van der Waals surface area contributed by atoms with Crippen LogP contribution in [0.2, 0.25) is 5.02 Å². The number of benzene rings is 2. The Morgan fingerprint density at radius 1 is 1.07 bits per heavy atom. The maximum absolute atomic E-state index is 14.6. The van der Waals surface area contributed by atoms with Crippen LogP contribution >= 0.6 is 19.4 Å². The van der Waals surface area contributed by atoms with E-state index in [9.17, 15) is 32.5 Å². The van der Waals surface area contributed by atoms with Crippen LogP contribution in [0.3, 0.4) is 0 Å². The van der Waals surface area contributed by atoms with Crippen LogP contribution in [0.4, 0.5) is 8.78 Å². The standard InChI is InChI=1S/C27H29ClF2N3O8P/c1-3-39-42(38,40-4-2)41-16-33-23(34)12-11-22(25(33)36)32-15-18-13-17(5-10-21(18)24(32)35)14-31-26(37)27(29,30)19-6-8-20(28)9-7-19/h5-10,13,22H,3-4,11-12,14-16H2,1-2H3,(H,31,37). The quantitative estimate of drug-likeness (QED) is 0.271. The minimum atomic E-state index is -4.00. The summed E-state index contributed by atoms with van der Waals surface area (Å²) in [7, 11) is -4.00. The number of piperidine rings is 1. The van der Waals surface area contributed by atoms with E-state index in [1.54, 1.807) is 19.9 Å². The van der Waals surface area contributed by atoms with Crippen LogP contribution in [0.15, 0.2) is 42.5 Å². The Bertz CT molecular complexity index is 1410. The molecule has 1 atom stereocenters. The molecule has 2 aromatic rings. The summed E-state index contributed by atoms with van der Waals surface area (Å²) in [6, 6.07) is 8.28. The number of alkyl halides is 2. The first-order valence-electron chi connectivity index (χ1n) is 13.1. The van der Waals surface area contributed by atoms with Crippen LogP contribution in [0.5, 0.6) is 0 Å². The average molecular weight is 628 g/mol. The highest BCUT2D eigenvalue weighted by Crippen LogP contribution is 2.49. The van der Waals surface area contributed by atoms with Gasteiger partial charge in [0.05, 0.1) is 13.2 Å². The van der Waals surface area contributed by atoms with E-state index in [0.29, 0.717) is 16.7 Å². The van der Waals surface area contributed by atoms with Crippen LogP contribution in [0.1, 0.15) is 53.7 Å². The summed E-state index contributed by atoms with van der Waals surface area (Å²) in [6.45, 7) is 2.30. The number of phosphoric acid groups is 1. The Morgan fingerprint density at radius 3 is 2.38 bits per heavy atom. The SMILES string of the molecule is CCOP(=O)(OCC)OCN1C(=O)CCC(N2Cc3cc(CNC(=O)C(F)(F)c4ccc(Cl)cc4)ccc3C2=O)C1=O. The van der Waals surface area contributed by atoms with E-state index in [2.05, 4.69) is 5.32 Å². The topological polar surface area (TPSA) is 132 Å². The van der Waals surface area contributed by atoms with E-state index in [0.717, 1.165) is 17.0 Å². The number of halogens is 3. The van der Waals surface area contributed by atoms with Crippen molar-refractivity contribution in [3.05, 3.63) is 69.7 Å². The van der Waals surface area contributed by atoms with E-state index in [-0.39, 0.29) is 44.2 Å². The molecule has 1 N–H and O–H groups in total. The molecule has 2 heterocycles. The first kappa shape index (κ1) is 31.7. The molecule has 1 saturated heterocycles. The molecular formula is C27H29ClF2N3O8P. The van der Waals surface area contributed by atoms with Crippen molar-refractivity contribution in [3.63, 3.8) is 0 Å². The first-order valence-corrected chi connectivity index (χ1v) is 15.0. The molecule has 1 unspecified atom stereocenters. The van der Waals surface area contributed by atoms with Gasteiger partial charge in [0.1, 0.15) is 12.8 Å². The van der Waals surface area contributed by atoms with Gasteiger partial charge in [-0.1, -0.05) is 35.9 Å². The van der Waals surface area contributed by atoms with Crippen LogP contribution < -0.4 is 5.32 Å². The van der Waals surface area contributed by atoms with Gasteiger partial charge in [0.2, 0.25) is 5.91 Å². The number of carbonyl (C=O) groups is 4. The summed E-state index contributed by atoms with van der Waals surface area (Å²) in [5.41, 5.74) is 0.793. The fourth-order valence-corrected chi connectivity index (χ4v) is 5.88. The lowest BCUT2D eigenvalue weighted by atomic mass is 10.0. The van der Waals surface area contributed by atoms with Gasteiger partial charge >= 0.3 is 13.7 Å². The summed E-state index contributed by atoms with van der Waals surface area (Å²) in [6.07, 6.45) is 0.0117. The average Bonchev–Trinajstić information content (AvgIpc) is 3.27. The Morgan fingerprint density at radius 2 is 1.74 bits per heavy atom. The molecule has 2 aliphatic heterocycles. The number of rotatable bonds is 12. The highest BCUT2D eigenvalue weighted by atomic mass is 35.5. The molecule has 2 aromatic carbocycles. The predicted molar refractivity (Wildman–Crippen MR) is 145 cm³/mol. The lowest BCUT2D eigenvalue weighted by Gasteiger charge is -2.35. The normalized spacial score (nSPS) is 17.5. The summed E-state index contributed by atoms with van der Waals surface area (Å²) in [4.78, 5) is 53.3. The van der Waals surface area contributed by atoms with Crippen LogP contribution in [0, 0.1) is 0 Å². The number of hydrogen-bond donors (Lipinski definition) is 1. The first-order chi connectivity index (χ1) is 19.9. The largest absolute Gasteiger partial charge is 0.476 e. The van der Waals surface area contributed by atoms with Crippen molar-refractivity contribution < 1.29 is 46.1 Å². The molecule has 0 aliphatic carbocycles. The fraction of sp³-hybridized carbons (Fsp3) is 0.407. The van der Waals surface area contributed by atoms with E-state index in [1.807, 2.05) is 0 Å². The van der Waals surface area contributed by atoms with Crippen molar-refractivity contribution in [2.75, 3.05) is 19.9 Å². The monoisotopic (exact) mass is 627 g/mol. The molecule has 0 radical (unpaired) electrons. The minimum Gasteiger partial charge on any atom is -0.346 e. The van der Waals surface area contributed by atoms with Crippen molar-refractivity contribution in [2.45, 2.75) is 51.7 Å². The number of nitrogens with zero attached hydrogens (tertiary/aromatic N) is 2. The molecule has 0 saturated carbocycles. The van der Waals surface area contributed by atoms with Crippen molar-refractivity contribution in [1.82, 2.24) is 15.1 Å². The van der Waals surface area contributed by atoms with Gasteiger partial charge in [0.25, 0.3) is 17.7 Å². The molecule has 226 valence electrons. The van der Waals surface area contributed by atoms with Gasteiger partial charge in [-0.3, -0.25) is 37.6 Å². The zero-order valence-electron chi connectivity index (χ0n) is 22.8. The molecular weight excluding hydrogens is 599 g/mol. The maximum atomic E-state index is 14.6. The molecule has 4 rings (SSSR count). The van der Waals surface area contributed by atoms with Crippen molar-refractivity contribution in [3.8, 4) is 0 Å². The Labute approximate surface area is 245 Å². The molecule has 0 bridgehead atoms. The Hall–Kier alpha value is -3.22. The molecule has 42 heavy (non-hydrogen) atoms.